The molecular formula is C27H29NO5. The molecule has 4 rings (SSSR count). The number of benzene rings is 3. The van der Waals surface area contributed by atoms with Gasteiger partial charge in [-0.3, -0.25) is 0 Å². The molecule has 0 amide bonds. The van der Waals surface area contributed by atoms with Crippen LogP contribution in [0.3, 0.4) is 0 Å². The van der Waals surface area contributed by atoms with Crippen LogP contribution in [0.2, 0.25) is 0 Å². The smallest absolute Gasteiger partial charge is 0.338 e. The highest BCUT2D eigenvalue weighted by Gasteiger charge is 2.47. The van der Waals surface area contributed by atoms with Gasteiger partial charge in [-0.25, -0.2) is 4.79 Å². The highest BCUT2D eigenvalue weighted by atomic mass is 16.6. The number of fused-ring (bicyclic) bond motifs is 1. The Kier molecular flexibility index (Phi) is 6.56. The number of hydrogen-bond acceptors (Lipinski definition) is 6. The van der Waals surface area contributed by atoms with Crippen LogP contribution in [0.5, 0.6) is 11.5 Å². The molecule has 0 saturated carbocycles. The second-order valence-electron chi connectivity index (χ2n) is 8.51. The van der Waals surface area contributed by atoms with Crippen molar-refractivity contribution < 1.29 is 23.7 Å². The zero-order valence-electron chi connectivity index (χ0n) is 19.3. The van der Waals surface area contributed by atoms with E-state index in [0.717, 1.165) is 22.6 Å². The summed E-state index contributed by atoms with van der Waals surface area (Å²) in [6, 6.07) is 22.7. The van der Waals surface area contributed by atoms with Crippen LogP contribution in [0.15, 0.2) is 72.8 Å². The van der Waals surface area contributed by atoms with E-state index in [0.29, 0.717) is 17.9 Å². The lowest BCUT2D eigenvalue weighted by Gasteiger charge is -2.43. The SMILES string of the molecule is COc1ccc(CNc2ccc3c(c2)C(OC)C(OC(=O)c2ccccc2)C(C)(C)O3)cc1. The van der Waals surface area contributed by atoms with Gasteiger partial charge in [-0.1, -0.05) is 30.3 Å². The van der Waals surface area contributed by atoms with E-state index in [1.807, 2.05) is 74.5 Å². The van der Waals surface area contributed by atoms with Crippen LogP contribution < -0.4 is 14.8 Å². The first-order valence-corrected chi connectivity index (χ1v) is 10.9. The number of nitrogens with one attached hydrogen (secondary N) is 1. The number of carbonyl (C=O) groups is 1. The van der Waals surface area contributed by atoms with Crippen molar-refractivity contribution in [3.8, 4) is 11.5 Å². The largest absolute Gasteiger partial charge is 0.497 e. The molecule has 0 aromatic heterocycles. The third-order valence-corrected chi connectivity index (χ3v) is 5.80. The molecule has 2 atom stereocenters. The van der Waals surface area contributed by atoms with Crippen LogP contribution >= 0.6 is 0 Å². The number of anilines is 1. The van der Waals surface area contributed by atoms with Gasteiger partial charge in [0.1, 0.15) is 23.2 Å². The molecule has 0 saturated heterocycles. The Bertz CT molecular complexity index is 1100. The minimum absolute atomic E-state index is 0.406. The number of carbonyl (C=O) groups excluding carboxylic acids is 1. The molecule has 1 heterocycles. The zero-order valence-corrected chi connectivity index (χ0v) is 19.3. The van der Waals surface area contributed by atoms with Crippen LogP contribution in [0, 0.1) is 0 Å². The standard InChI is InChI=1S/C27H29NO5/c1-27(2)25(32-26(29)19-8-6-5-7-9-19)24(31-4)22-16-20(12-15-23(22)33-27)28-17-18-10-13-21(30-3)14-11-18/h5-16,24-25,28H,17H2,1-4H3. The lowest BCUT2D eigenvalue weighted by Crippen LogP contribution is -2.51. The number of ether oxygens (including phenoxy) is 4. The van der Waals surface area contributed by atoms with Crippen LogP contribution in [0.1, 0.15) is 41.4 Å². The molecule has 3 aromatic carbocycles. The third kappa shape index (κ3) is 4.96. The fraction of sp³-hybridized carbons (Fsp3) is 0.296. The van der Waals surface area contributed by atoms with Gasteiger partial charge in [0.25, 0.3) is 0 Å². The molecule has 0 radical (unpaired) electrons. The lowest BCUT2D eigenvalue weighted by molar-refractivity contribution is -0.129. The molecule has 172 valence electrons. The predicted octanol–water partition coefficient (Wildman–Crippen LogP) is 5.39. The van der Waals surface area contributed by atoms with Crippen LogP contribution in [0.25, 0.3) is 0 Å². The molecule has 0 aliphatic carbocycles. The molecule has 0 fully saturated rings. The maximum absolute atomic E-state index is 12.8. The molecule has 1 aliphatic heterocycles. The summed E-state index contributed by atoms with van der Waals surface area (Å²) in [7, 11) is 3.27. The maximum Gasteiger partial charge on any atom is 0.338 e. The Morgan fingerprint density at radius 2 is 1.73 bits per heavy atom. The molecule has 6 nitrogen and oxygen atoms in total. The second-order valence-corrected chi connectivity index (χ2v) is 8.51. The van der Waals surface area contributed by atoms with Gasteiger partial charge in [0.05, 0.1) is 12.7 Å². The van der Waals surface area contributed by atoms with Crippen molar-refractivity contribution in [3.63, 3.8) is 0 Å². The van der Waals surface area contributed by atoms with Gasteiger partial charge >= 0.3 is 5.97 Å². The van der Waals surface area contributed by atoms with Crippen LogP contribution in [0.4, 0.5) is 5.69 Å². The summed E-state index contributed by atoms with van der Waals surface area (Å²) in [6.45, 7) is 4.46. The fourth-order valence-corrected chi connectivity index (χ4v) is 4.00. The van der Waals surface area contributed by atoms with Gasteiger partial charge in [0.2, 0.25) is 0 Å². The summed E-state index contributed by atoms with van der Waals surface area (Å²) in [6.07, 6.45) is -1.10. The third-order valence-electron chi connectivity index (χ3n) is 5.80. The normalized spacial score (nSPS) is 18.5. The summed E-state index contributed by atoms with van der Waals surface area (Å²) in [4.78, 5) is 12.8. The van der Waals surface area contributed by atoms with E-state index in [2.05, 4.69) is 5.32 Å². The minimum Gasteiger partial charge on any atom is -0.497 e. The van der Waals surface area contributed by atoms with Crippen molar-refractivity contribution in [2.24, 2.45) is 0 Å². The van der Waals surface area contributed by atoms with Gasteiger partial charge in [-0.2, -0.15) is 0 Å². The van der Waals surface area contributed by atoms with Crippen molar-refractivity contribution in [2.75, 3.05) is 19.5 Å². The van der Waals surface area contributed by atoms with Crippen molar-refractivity contribution in [1.82, 2.24) is 0 Å². The maximum atomic E-state index is 12.8. The van der Waals surface area contributed by atoms with Gasteiger partial charge in [0, 0.05) is 24.9 Å². The molecule has 0 spiro atoms. The monoisotopic (exact) mass is 447 g/mol. The highest BCUT2D eigenvalue weighted by Crippen LogP contribution is 2.44. The molecule has 1 aliphatic rings. The second kappa shape index (κ2) is 9.55. The lowest BCUT2D eigenvalue weighted by atomic mass is 9.87. The molecule has 3 aromatic rings. The van der Waals surface area contributed by atoms with Gasteiger partial charge in [-0.05, 0) is 61.9 Å². The van der Waals surface area contributed by atoms with E-state index in [4.69, 9.17) is 18.9 Å². The van der Waals surface area contributed by atoms with Gasteiger partial charge in [-0.15, -0.1) is 0 Å². The number of rotatable bonds is 7. The van der Waals surface area contributed by atoms with Crippen LogP contribution in [-0.2, 0) is 16.0 Å². The molecule has 6 heteroatoms. The van der Waals surface area contributed by atoms with E-state index in [-0.39, 0.29) is 0 Å². The number of hydrogen-bond donors (Lipinski definition) is 1. The van der Waals surface area contributed by atoms with E-state index < -0.39 is 23.8 Å². The average molecular weight is 448 g/mol. The average Bonchev–Trinajstić information content (AvgIpc) is 2.84. The first-order valence-electron chi connectivity index (χ1n) is 10.9. The molecule has 0 bridgehead atoms. The van der Waals surface area contributed by atoms with Gasteiger partial charge in [0.15, 0.2) is 6.10 Å². The topological polar surface area (TPSA) is 66.0 Å². The summed E-state index contributed by atoms with van der Waals surface area (Å²) in [5.41, 5.74) is 2.61. The minimum atomic E-state index is -0.768. The van der Waals surface area contributed by atoms with Crippen LogP contribution in [-0.4, -0.2) is 31.9 Å². The zero-order chi connectivity index (χ0) is 23.4. The Morgan fingerprint density at radius 3 is 2.39 bits per heavy atom. The number of methoxy groups -OCH3 is 2. The fourth-order valence-electron chi connectivity index (χ4n) is 4.00. The molecule has 2 unspecified atom stereocenters. The number of esters is 1. The van der Waals surface area contributed by atoms with Gasteiger partial charge < -0.3 is 24.3 Å². The first-order chi connectivity index (χ1) is 15.9. The van der Waals surface area contributed by atoms with Crippen molar-refractivity contribution in [1.29, 1.82) is 0 Å². The Balaban J connectivity index is 1.55. The summed E-state index contributed by atoms with van der Waals surface area (Å²) in [5, 5.41) is 3.44. The predicted molar refractivity (Wildman–Crippen MR) is 127 cm³/mol. The van der Waals surface area contributed by atoms with Crippen molar-refractivity contribution in [3.05, 3.63) is 89.5 Å². The van der Waals surface area contributed by atoms with E-state index in [1.54, 1.807) is 26.4 Å². The summed E-state index contributed by atoms with van der Waals surface area (Å²) < 4.78 is 23.2. The quantitative estimate of drug-likeness (QED) is 0.490. The Hall–Kier alpha value is -3.51. The summed E-state index contributed by atoms with van der Waals surface area (Å²) >= 11 is 0. The highest BCUT2D eigenvalue weighted by molar-refractivity contribution is 5.89. The summed E-state index contributed by atoms with van der Waals surface area (Å²) in [5.74, 6) is 1.14. The van der Waals surface area contributed by atoms with Crippen molar-refractivity contribution >= 4 is 11.7 Å². The Morgan fingerprint density at radius 1 is 1.00 bits per heavy atom. The first kappa shape index (κ1) is 22.7. The van der Waals surface area contributed by atoms with E-state index in [1.165, 1.54) is 0 Å². The Labute approximate surface area is 194 Å². The molecular weight excluding hydrogens is 418 g/mol. The van der Waals surface area contributed by atoms with E-state index >= 15 is 0 Å². The van der Waals surface area contributed by atoms with E-state index in [9.17, 15) is 4.79 Å². The molecule has 33 heavy (non-hydrogen) atoms. The molecule has 1 N–H and O–H groups in total. The van der Waals surface area contributed by atoms with Crippen molar-refractivity contribution in [2.45, 2.75) is 38.2 Å².